The van der Waals surface area contributed by atoms with Gasteiger partial charge in [0, 0.05) is 23.0 Å². The van der Waals surface area contributed by atoms with Crippen molar-refractivity contribution in [1.29, 1.82) is 0 Å². The Balaban J connectivity index is 2.27. The summed E-state index contributed by atoms with van der Waals surface area (Å²) in [5.74, 6) is -1.12. The fraction of sp³-hybridized carbons (Fsp3) is 0.455. The Morgan fingerprint density at radius 2 is 1.52 bits per heavy atom. The molecule has 1 aromatic rings. The molecule has 25 heavy (non-hydrogen) atoms. The molecule has 1 fully saturated rings. The van der Waals surface area contributed by atoms with Gasteiger partial charge in [-0.3, -0.25) is 0 Å². The number of rotatable bonds is 5. The molecule has 1 aliphatic rings. The van der Waals surface area contributed by atoms with Gasteiger partial charge in [-0.2, -0.15) is 21.6 Å². The van der Waals surface area contributed by atoms with Gasteiger partial charge in [0.1, 0.15) is 11.5 Å². The van der Waals surface area contributed by atoms with Crippen LogP contribution in [-0.2, 0) is 31.2 Å². The normalized spacial score (nSPS) is 16.9. The van der Waals surface area contributed by atoms with Crippen LogP contribution in [-0.4, -0.2) is 44.1 Å². The number of phenols is 2. The highest BCUT2D eigenvalue weighted by Crippen LogP contribution is 2.40. The second-order valence-corrected chi connectivity index (χ2v) is 10.5. The zero-order valence-corrected chi connectivity index (χ0v) is 14.7. The highest BCUT2D eigenvalue weighted by atomic mass is 32.3. The number of halogens is 3. The smallest absolute Gasteiger partial charge is 0.504 e. The van der Waals surface area contributed by atoms with Crippen LogP contribution >= 0.6 is 0 Å². The van der Waals surface area contributed by atoms with Crippen LogP contribution < -0.4 is 8.31 Å². The maximum absolute atomic E-state index is 12.2. The molecule has 1 heterocycles. The van der Waals surface area contributed by atoms with Crippen LogP contribution in [0.15, 0.2) is 17.0 Å². The Bertz CT molecular complexity index is 838. The van der Waals surface area contributed by atoms with Gasteiger partial charge < -0.3 is 14.4 Å². The molecule has 1 saturated heterocycles. The molecule has 0 unspecified atom stereocenters. The minimum absolute atomic E-state index is 0.256. The van der Waals surface area contributed by atoms with E-state index >= 15 is 0 Å². The number of hydrogen-bond acceptors (Lipinski definition) is 7. The molecule has 14 heteroatoms. The van der Waals surface area contributed by atoms with E-state index in [1.807, 2.05) is 0 Å². The Kier molecular flexibility index (Phi) is 5.37. The number of hydrogen-bond donors (Lipinski definition) is 3. The van der Waals surface area contributed by atoms with Crippen molar-refractivity contribution in [3.8, 4) is 17.2 Å². The summed E-state index contributed by atoms with van der Waals surface area (Å²) in [6.45, 7) is 0. The van der Waals surface area contributed by atoms with Crippen LogP contribution in [0.25, 0.3) is 0 Å². The predicted octanol–water partition coefficient (Wildman–Crippen LogP) is 0.932. The topological polar surface area (TPSA) is 130 Å². The van der Waals surface area contributed by atoms with Crippen molar-refractivity contribution in [2.24, 2.45) is 0 Å². The Labute approximate surface area is 144 Å². The number of benzene rings is 1. The molecule has 0 saturated carbocycles. The molecule has 1 aromatic carbocycles. The summed E-state index contributed by atoms with van der Waals surface area (Å²) in [4.78, 5) is 0.535. The van der Waals surface area contributed by atoms with E-state index < -0.39 is 43.1 Å². The first kappa shape index (κ1) is 19.9. The first-order valence-corrected chi connectivity index (χ1v) is 11.1. The lowest BCUT2D eigenvalue weighted by atomic mass is 10.3. The van der Waals surface area contributed by atoms with E-state index in [1.165, 1.54) is 0 Å². The SMILES string of the molecule is O=S(=O)(NS(=O)(=O)C(F)(F)F)Oc1c(O)cc([S+]2CCCC2)cc1O. The number of phenolic OH excluding ortho intramolecular Hbond substituents is 2. The summed E-state index contributed by atoms with van der Waals surface area (Å²) in [5.41, 5.74) is -5.89. The fourth-order valence-corrected chi connectivity index (χ4v) is 6.34. The molecular weight excluding hydrogens is 411 g/mol. The summed E-state index contributed by atoms with van der Waals surface area (Å²) in [5, 5.41) is 19.6. The molecule has 0 spiro atoms. The Hall–Kier alpha value is -1.38. The second-order valence-electron chi connectivity index (χ2n) is 4.97. The number of sulfonamides is 1. The zero-order valence-electron chi connectivity index (χ0n) is 12.3. The van der Waals surface area contributed by atoms with Gasteiger partial charge in [0.25, 0.3) is 0 Å². The van der Waals surface area contributed by atoms with Crippen LogP contribution in [0, 0.1) is 0 Å². The van der Waals surface area contributed by atoms with E-state index in [0.29, 0.717) is 9.02 Å². The van der Waals surface area contributed by atoms with Crippen LogP contribution in [0.3, 0.4) is 0 Å². The largest absolute Gasteiger partial charge is 0.512 e. The van der Waals surface area contributed by atoms with E-state index in [4.69, 9.17) is 0 Å². The number of alkyl halides is 3. The standard InChI is InChI=1S/C11H12F3NO7S3/c12-11(13,14)24(18,19)15-25(20,21)22-10-8(16)5-7(6-9(10)17)23-3-1-2-4-23/h5-6,15H,1-4H2,(H-,16,17)/p+1. The van der Waals surface area contributed by atoms with Crippen molar-refractivity contribution in [3.63, 3.8) is 0 Å². The summed E-state index contributed by atoms with van der Waals surface area (Å²) in [6, 6.07) is 2.24. The minimum atomic E-state index is -6.25. The monoisotopic (exact) mass is 424 g/mol. The summed E-state index contributed by atoms with van der Waals surface area (Å²) in [7, 11) is -12.0. The van der Waals surface area contributed by atoms with Crippen molar-refractivity contribution in [2.45, 2.75) is 23.2 Å². The van der Waals surface area contributed by atoms with Crippen LogP contribution in [0.5, 0.6) is 17.2 Å². The van der Waals surface area contributed by atoms with Crippen molar-refractivity contribution < 1.29 is 44.4 Å². The fourth-order valence-electron chi connectivity index (χ4n) is 2.02. The van der Waals surface area contributed by atoms with E-state index in [9.17, 15) is 40.2 Å². The molecule has 0 amide bonds. The highest BCUT2D eigenvalue weighted by molar-refractivity contribution is 8.03. The maximum Gasteiger partial charge on any atom is 0.512 e. The Morgan fingerprint density at radius 3 is 1.96 bits per heavy atom. The first-order valence-electron chi connectivity index (χ1n) is 6.60. The summed E-state index contributed by atoms with van der Waals surface area (Å²) >= 11 is 0. The lowest BCUT2D eigenvalue weighted by Crippen LogP contribution is -2.42. The van der Waals surface area contributed by atoms with Crippen molar-refractivity contribution in [3.05, 3.63) is 12.1 Å². The molecule has 2 rings (SSSR count). The van der Waals surface area contributed by atoms with Gasteiger partial charge in [0.05, 0.1) is 0 Å². The van der Waals surface area contributed by atoms with Gasteiger partial charge >= 0.3 is 25.8 Å². The van der Waals surface area contributed by atoms with E-state index in [1.54, 1.807) is 0 Å². The van der Waals surface area contributed by atoms with E-state index in [-0.39, 0.29) is 10.9 Å². The van der Waals surface area contributed by atoms with Gasteiger partial charge in [0.2, 0.25) is 5.75 Å². The highest BCUT2D eigenvalue weighted by Gasteiger charge is 2.49. The molecule has 0 atom stereocenters. The molecule has 8 nitrogen and oxygen atoms in total. The van der Waals surface area contributed by atoms with E-state index in [0.717, 1.165) is 36.5 Å². The maximum atomic E-state index is 12.2. The van der Waals surface area contributed by atoms with Crippen molar-refractivity contribution in [1.82, 2.24) is 4.13 Å². The van der Waals surface area contributed by atoms with Crippen LogP contribution in [0.1, 0.15) is 12.8 Å². The average Bonchev–Trinajstić information content (AvgIpc) is 2.94. The average molecular weight is 424 g/mol. The third-order valence-corrected chi connectivity index (χ3v) is 8.25. The van der Waals surface area contributed by atoms with Crippen molar-refractivity contribution >= 4 is 31.2 Å². The second kappa shape index (κ2) is 6.74. The lowest BCUT2D eigenvalue weighted by molar-refractivity contribution is -0.0442. The van der Waals surface area contributed by atoms with E-state index in [2.05, 4.69) is 4.18 Å². The molecule has 1 aliphatic heterocycles. The predicted molar refractivity (Wildman–Crippen MR) is 82.0 cm³/mol. The van der Waals surface area contributed by atoms with Crippen LogP contribution in [0.2, 0.25) is 0 Å². The van der Waals surface area contributed by atoms with Crippen LogP contribution in [0.4, 0.5) is 13.2 Å². The minimum Gasteiger partial charge on any atom is -0.504 e. The van der Waals surface area contributed by atoms with Gasteiger partial charge in [-0.1, -0.05) is 4.13 Å². The van der Waals surface area contributed by atoms with Gasteiger partial charge in [-0.05, 0) is 12.8 Å². The molecular formula is C11H13F3NO7S3+. The Morgan fingerprint density at radius 1 is 1.04 bits per heavy atom. The molecule has 142 valence electrons. The third kappa shape index (κ3) is 4.62. The molecule has 0 radical (unpaired) electrons. The van der Waals surface area contributed by atoms with Crippen molar-refractivity contribution in [2.75, 3.05) is 11.5 Å². The molecule has 0 aromatic heterocycles. The van der Waals surface area contributed by atoms with Gasteiger partial charge in [-0.15, -0.1) is 0 Å². The quantitative estimate of drug-likeness (QED) is 0.600. The summed E-state index contributed by atoms with van der Waals surface area (Å²) < 4.78 is 85.7. The first-order chi connectivity index (χ1) is 11.3. The number of nitrogens with one attached hydrogen (secondary N) is 1. The molecule has 0 bridgehead atoms. The van der Waals surface area contributed by atoms with Gasteiger partial charge in [-0.25, -0.2) is 8.42 Å². The zero-order chi connectivity index (χ0) is 19.0. The molecule has 3 N–H and O–H groups in total. The number of aromatic hydroxyl groups is 2. The third-order valence-electron chi connectivity index (χ3n) is 3.10. The van der Waals surface area contributed by atoms with Gasteiger partial charge in [0.15, 0.2) is 16.4 Å². The summed E-state index contributed by atoms with van der Waals surface area (Å²) in [6.07, 6.45) is 1.91. The molecule has 0 aliphatic carbocycles. The lowest BCUT2D eigenvalue weighted by Gasteiger charge is -2.13.